The summed E-state index contributed by atoms with van der Waals surface area (Å²) in [5.74, 6) is 1.74. The van der Waals surface area contributed by atoms with Gasteiger partial charge in [-0.3, -0.25) is 4.79 Å². The lowest BCUT2D eigenvalue weighted by Gasteiger charge is -2.25. The number of carbonyl (C=O) groups is 1. The van der Waals surface area contributed by atoms with Crippen molar-refractivity contribution in [3.05, 3.63) is 59.4 Å². The van der Waals surface area contributed by atoms with Gasteiger partial charge in [0, 0.05) is 29.6 Å². The average molecular weight is 351 g/mol. The number of aryl methyl sites for hydroxylation is 1. The minimum atomic E-state index is -0.115. The van der Waals surface area contributed by atoms with Crippen molar-refractivity contribution in [1.29, 1.82) is 0 Å². The highest BCUT2D eigenvalue weighted by Gasteiger charge is 2.24. The third kappa shape index (κ3) is 2.79. The van der Waals surface area contributed by atoms with Gasteiger partial charge in [-0.25, -0.2) is 0 Å². The highest BCUT2D eigenvalue weighted by molar-refractivity contribution is 5.98. The van der Waals surface area contributed by atoms with Gasteiger partial charge in [0.05, 0.1) is 0 Å². The topological polar surface area (TPSA) is 51.9 Å². The lowest BCUT2D eigenvalue weighted by atomic mass is 10.1. The number of hydrogen-bond donors (Lipinski definition) is 0. The number of para-hydroxylation sites is 2. The first-order chi connectivity index (χ1) is 12.7. The van der Waals surface area contributed by atoms with Crippen molar-refractivity contribution in [2.24, 2.45) is 0 Å². The largest absolute Gasteiger partial charge is 0.486 e. The Labute approximate surface area is 152 Å². The first-order valence-corrected chi connectivity index (χ1v) is 8.84. The van der Waals surface area contributed by atoms with Crippen molar-refractivity contribution in [2.75, 3.05) is 19.8 Å². The molecule has 0 aliphatic carbocycles. The zero-order valence-corrected chi connectivity index (χ0v) is 15.0. The molecule has 0 spiro atoms. The van der Waals surface area contributed by atoms with E-state index in [1.165, 1.54) is 0 Å². The normalized spacial score (nSPS) is 13.0. The van der Waals surface area contributed by atoms with Crippen LogP contribution in [0.5, 0.6) is 11.5 Å². The predicted molar refractivity (Wildman–Crippen MR) is 98.8 cm³/mol. The zero-order chi connectivity index (χ0) is 18.1. The molecule has 26 heavy (non-hydrogen) atoms. The van der Waals surface area contributed by atoms with Crippen LogP contribution in [0.2, 0.25) is 0 Å². The lowest BCUT2D eigenvalue weighted by molar-refractivity contribution is 0.0718. The number of amides is 1. The molecule has 5 nitrogen and oxygen atoms in total. The number of nitrogens with zero attached hydrogens (tertiary/aromatic N) is 1. The Morgan fingerprint density at radius 1 is 1.08 bits per heavy atom. The summed E-state index contributed by atoms with van der Waals surface area (Å²) in [6.45, 7) is 5.97. The van der Waals surface area contributed by atoms with E-state index in [1.807, 2.05) is 56.3 Å². The van der Waals surface area contributed by atoms with Gasteiger partial charge in [0.25, 0.3) is 5.91 Å². The quantitative estimate of drug-likeness (QED) is 0.708. The van der Waals surface area contributed by atoms with E-state index in [9.17, 15) is 4.79 Å². The molecule has 1 aromatic heterocycles. The summed E-state index contributed by atoms with van der Waals surface area (Å²) in [6, 6.07) is 13.5. The predicted octanol–water partition coefficient (Wildman–Crippen LogP) is 4.17. The molecule has 2 heterocycles. The maximum absolute atomic E-state index is 13.1. The van der Waals surface area contributed by atoms with Gasteiger partial charge in [-0.1, -0.05) is 30.3 Å². The third-order valence-corrected chi connectivity index (χ3v) is 4.72. The molecule has 0 bridgehead atoms. The molecule has 3 aromatic rings. The van der Waals surface area contributed by atoms with Gasteiger partial charge < -0.3 is 18.8 Å². The second-order valence-electron chi connectivity index (χ2n) is 6.31. The second kappa shape index (κ2) is 6.75. The first kappa shape index (κ1) is 16.5. The molecule has 0 saturated carbocycles. The summed E-state index contributed by atoms with van der Waals surface area (Å²) >= 11 is 0. The maximum atomic E-state index is 13.1. The molecule has 5 heteroatoms. The van der Waals surface area contributed by atoms with Gasteiger partial charge in [-0.05, 0) is 26.0 Å². The number of fused-ring (bicyclic) bond motifs is 2. The van der Waals surface area contributed by atoms with E-state index in [0.29, 0.717) is 32.1 Å². The number of rotatable bonds is 4. The second-order valence-corrected chi connectivity index (χ2v) is 6.31. The van der Waals surface area contributed by atoms with E-state index in [4.69, 9.17) is 13.9 Å². The van der Waals surface area contributed by atoms with Crippen LogP contribution in [0.25, 0.3) is 11.0 Å². The highest BCUT2D eigenvalue weighted by atomic mass is 16.6. The smallest absolute Gasteiger partial charge is 0.290 e. The number of furan rings is 1. The fourth-order valence-corrected chi connectivity index (χ4v) is 3.31. The van der Waals surface area contributed by atoms with Crippen molar-refractivity contribution in [3.8, 4) is 11.5 Å². The van der Waals surface area contributed by atoms with Crippen molar-refractivity contribution >= 4 is 16.9 Å². The Kier molecular flexibility index (Phi) is 4.29. The fourth-order valence-electron chi connectivity index (χ4n) is 3.31. The van der Waals surface area contributed by atoms with Crippen LogP contribution in [0, 0.1) is 6.92 Å². The van der Waals surface area contributed by atoms with E-state index in [0.717, 1.165) is 33.6 Å². The summed E-state index contributed by atoms with van der Waals surface area (Å²) in [5, 5.41) is 0.973. The Balaban J connectivity index is 1.65. The van der Waals surface area contributed by atoms with Gasteiger partial charge in [0.1, 0.15) is 18.8 Å². The molecule has 0 unspecified atom stereocenters. The van der Waals surface area contributed by atoms with Gasteiger partial charge in [0.15, 0.2) is 17.3 Å². The Bertz CT molecular complexity index is 960. The molecular weight excluding hydrogens is 330 g/mol. The van der Waals surface area contributed by atoms with Gasteiger partial charge in [0.2, 0.25) is 0 Å². The zero-order valence-electron chi connectivity index (χ0n) is 15.0. The number of carbonyl (C=O) groups excluding carboxylic acids is 1. The Hall–Kier alpha value is -2.95. The van der Waals surface area contributed by atoms with Gasteiger partial charge >= 0.3 is 0 Å². The molecule has 0 N–H and O–H groups in total. The van der Waals surface area contributed by atoms with Crippen molar-refractivity contribution in [3.63, 3.8) is 0 Å². The minimum absolute atomic E-state index is 0.115. The lowest BCUT2D eigenvalue weighted by Crippen LogP contribution is -2.31. The van der Waals surface area contributed by atoms with Gasteiger partial charge in [-0.15, -0.1) is 0 Å². The first-order valence-electron chi connectivity index (χ1n) is 8.84. The van der Waals surface area contributed by atoms with Crippen LogP contribution in [0.4, 0.5) is 0 Å². The summed E-state index contributed by atoms with van der Waals surface area (Å²) < 4.78 is 17.3. The molecular formula is C21H21NO4. The monoisotopic (exact) mass is 351 g/mol. The molecule has 1 aliphatic rings. The molecule has 2 aromatic carbocycles. The number of hydrogen-bond acceptors (Lipinski definition) is 4. The SMILES string of the molecule is CCN(Cc1cccc2c1OCCO2)C(=O)c1oc2ccccc2c1C. The maximum Gasteiger partial charge on any atom is 0.290 e. The van der Waals surface area contributed by atoms with E-state index < -0.39 is 0 Å². The van der Waals surface area contributed by atoms with E-state index in [1.54, 1.807) is 4.90 Å². The van der Waals surface area contributed by atoms with Crippen LogP contribution in [-0.4, -0.2) is 30.6 Å². The third-order valence-electron chi connectivity index (χ3n) is 4.72. The minimum Gasteiger partial charge on any atom is -0.486 e. The van der Waals surface area contributed by atoms with E-state index in [2.05, 4.69) is 0 Å². The van der Waals surface area contributed by atoms with Crippen LogP contribution in [-0.2, 0) is 6.54 Å². The summed E-state index contributed by atoms with van der Waals surface area (Å²) in [7, 11) is 0. The number of ether oxygens (including phenoxy) is 2. The summed E-state index contributed by atoms with van der Waals surface area (Å²) in [5.41, 5.74) is 2.54. The Morgan fingerprint density at radius 2 is 1.88 bits per heavy atom. The van der Waals surface area contributed by atoms with Gasteiger partial charge in [-0.2, -0.15) is 0 Å². The highest BCUT2D eigenvalue weighted by Crippen LogP contribution is 2.35. The number of benzene rings is 2. The van der Waals surface area contributed by atoms with Crippen LogP contribution >= 0.6 is 0 Å². The molecule has 1 amide bonds. The summed E-state index contributed by atoms with van der Waals surface area (Å²) in [6.07, 6.45) is 0. The average Bonchev–Trinajstić information content (AvgIpc) is 3.02. The van der Waals surface area contributed by atoms with E-state index >= 15 is 0 Å². The molecule has 0 atom stereocenters. The summed E-state index contributed by atoms with van der Waals surface area (Å²) in [4.78, 5) is 14.9. The van der Waals surface area contributed by atoms with Crippen LogP contribution in [0.15, 0.2) is 46.9 Å². The molecule has 134 valence electrons. The van der Waals surface area contributed by atoms with E-state index in [-0.39, 0.29) is 5.91 Å². The Morgan fingerprint density at radius 3 is 2.69 bits per heavy atom. The molecule has 1 aliphatic heterocycles. The van der Waals surface area contributed by atoms with Crippen molar-refractivity contribution < 1.29 is 18.7 Å². The molecule has 0 fully saturated rings. The van der Waals surface area contributed by atoms with Crippen LogP contribution in [0.3, 0.4) is 0 Å². The van der Waals surface area contributed by atoms with Crippen molar-refractivity contribution in [1.82, 2.24) is 4.90 Å². The molecule has 4 rings (SSSR count). The fraction of sp³-hybridized carbons (Fsp3) is 0.286. The van der Waals surface area contributed by atoms with Crippen LogP contribution < -0.4 is 9.47 Å². The van der Waals surface area contributed by atoms with Crippen LogP contribution in [0.1, 0.15) is 28.6 Å². The van der Waals surface area contributed by atoms with Crippen molar-refractivity contribution in [2.45, 2.75) is 20.4 Å². The standard InChI is InChI=1S/C21H21NO4/c1-3-22(13-15-7-6-10-18-20(15)25-12-11-24-18)21(23)19-14(2)16-8-4-5-9-17(16)26-19/h4-10H,3,11-13H2,1-2H3. The molecule has 0 radical (unpaired) electrons. The molecule has 0 saturated heterocycles.